The molecule has 0 fully saturated rings. The second-order valence-corrected chi connectivity index (χ2v) is 10.1. The molecule has 0 amide bonds. The normalized spacial score (nSPS) is 9.49. The molecule has 3 heteroatoms. The van der Waals surface area contributed by atoms with Gasteiger partial charge in [-0.2, -0.15) is 73.9 Å². The topological polar surface area (TPSA) is 27.0 Å². The Bertz CT molecular complexity index is 1530. The molecule has 43 heavy (non-hydrogen) atoms. The van der Waals surface area contributed by atoms with Crippen molar-refractivity contribution in [1.29, 1.82) is 0 Å². The molecule has 2 nitrogen and oxygen atoms in total. The van der Waals surface area contributed by atoms with Crippen LogP contribution in [0.3, 0.4) is 0 Å². The molecule has 1 aromatic heterocycles. The van der Waals surface area contributed by atoms with E-state index < -0.39 is 0 Å². The SMILES string of the molecule is Cc1cc(C)c([N-]c2cccc3ccc(C)nc23)c(C)c1.[CH2-]c1ccccc1.[CH2-]c1ccccc1.[CH2-]c1ccccc1.[Hf+4]. The number of benzene rings is 5. The molecule has 6 aromatic rings. The molecule has 0 aliphatic carbocycles. The quantitative estimate of drug-likeness (QED) is 0.129. The van der Waals surface area contributed by atoms with E-state index in [1.54, 1.807) is 0 Å². The average molecular weight is 727 g/mol. The van der Waals surface area contributed by atoms with Crippen molar-refractivity contribution >= 4 is 22.3 Å². The van der Waals surface area contributed by atoms with Gasteiger partial charge in [0.05, 0.1) is 5.52 Å². The van der Waals surface area contributed by atoms with Gasteiger partial charge in [-0.1, -0.05) is 71.3 Å². The van der Waals surface area contributed by atoms with Crippen molar-refractivity contribution in [2.24, 2.45) is 0 Å². The number of hydrogen-bond donors (Lipinski definition) is 0. The third-order valence-electron chi connectivity index (χ3n) is 6.23. The fraction of sp³-hybridized carbons (Fsp3) is 0.100. The van der Waals surface area contributed by atoms with Crippen molar-refractivity contribution in [1.82, 2.24) is 4.98 Å². The summed E-state index contributed by atoms with van der Waals surface area (Å²) in [5, 5.41) is 6.02. The van der Waals surface area contributed by atoms with Crippen LogP contribution in [0.25, 0.3) is 16.2 Å². The zero-order valence-electron chi connectivity index (χ0n) is 25.7. The minimum Gasteiger partial charge on any atom is -0.656 e. The molecule has 5 aromatic carbocycles. The second-order valence-electron chi connectivity index (χ2n) is 10.1. The molecule has 0 atom stereocenters. The van der Waals surface area contributed by atoms with Gasteiger partial charge in [0.15, 0.2) is 0 Å². The smallest absolute Gasteiger partial charge is 0.656 e. The van der Waals surface area contributed by atoms with Gasteiger partial charge in [-0.15, -0.1) is 47.8 Å². The van der Waals surface area contributed by atoms with Crippen molar-refractivity contribution < 1.29 is 25.8 Å². The van der Waals surface area contributed by atoms with Crippen LogP contribution in [0.15, 0.2) is 133 Å². The molecular formula is C40H40HfN2. The zero-order valence-corrected chi connectivity index (χ0v) is 29.3. The third-order valence-corrected chi connectivity index (χ3v) is 6.23. The Morgan fingerprint density at radius 3 is 1.35 bits per heavy atom. The van der Waals surface area contributed by atoms with E-state index in [0.29, 0.717) is 0 Å². The fourth-order valence-electron chi connectivity index (χ4n) is 4.22. The predicted molar refractivity (Wildman–Crippen MR) is 183 cm³/mol. The van der Waals surface area contributed by atoms with Gasteiger partial charge in [0.1, 0.15) is 0 Å². The molecule has 214 valence electrons. The maximum atomic E-state index is 4.89. The molecule has 0 saturated heterocycles. The maximum Gasteiger partial charge on any atom is 4.00 e. The standard InChI is InChI=1S/C19H19N2.3C7H7.Hf/c1-12-10-13(2)18(14(3)11-12)21-17-7-5-6-16-9-8-15(4)20-19(16)17;3*1-7-5-3-2-4-6-7;/h5-11H,1-4H3;3*2-6H,1H2;/q4*-1;+4. The van der Waals surface area contributed by atoms with Gasteiger partial charge >= 0.3 is 25.8 Å². The summed E-state index contributed by atoms with van der Waals surface area (Å²) in [4.78, 5) is 4.65. The first kappa shape index (κ1) is 35.0. The van der Waals surface area contributed by atoms with E-state index in [9.17, 15) is 0 Å². The third kappa shape index (κ3) is 12.3. The molecule has 0 N–H and O–H groups in total. The monoisotopic (exact) mass is 728 g/mol. The number of aromatic nitrogens is 1. The van der Waals surface area contributed by atoms with E-state index in [1.807, 2.05) is 116 Å². The Balaban J connectivity index is 0.000000239. The van der Waals surface area contributed by atoms with Gasteiger partial charge in [0.2, 0.25) is 0 Å². The summed E-state index contributed by atoms with van der Waals surface area (Å²) in [6, 6.07) is 44.3. The first-order valence-electron chi connectivity index (χ1n) is 14.0. The number of hydrogen-bond acceptors (Lipinski definition) is 1. The fourth-order valence-corrected chi connectivity index (χ4v) is 4.22. The molecule has 0 spiro atoms. The number of pyridine rings is 1. The summed E-state index contributed by atoms with van der Waals surface area (Å²) in [5.74, 6) is 0. The van der Waals surface area contributed by atoms with E-state index >= 15 is 0 Å². The Morgan fingerprint density at radius 2 is 0.953 bits per heavy atom. The predicted octanol–water partition coefficient (Wildman–Crippen LogP) is 11.4. The zero-order chi connectivity index (χ0) is 30.3. The summed E-state index contributed by atoms with van der Waals surface area (Å²) in [5.41, 5.74) is 10.9. The number of aryl methyl sites for hydroxylation is 4. The largest absolute Gasteiger partial charge is 4.00 e. The minimum absolute atomic E-state index is 0. The Labute approximate surface area is 278 Å². The van der Waals surface area contributed by atoms with Crippen LogP contribution < -0.4 is 0 Å². The molecule has 0 aliphatic rings. The number of nitrogens with zero attached hydrogens (tertiary/aromatic N) is 2. The van der Waals surface area contributed by atoms with Crippen LogP contribution in [0, 0.1) is 48.5 Å². The number of para-hydroxylation sites is 1. The van der Waals surface area contributed by atoms with E-state index in [2.05, 4.69) is 70.8 Å². The molecule has 1 heterocycles. The Kier molecular flexibility index (Phi) is 14.9. The molecule has 0 unspecified atom stereocenters. The van der Waals surface area contributed by atoms with Crippen molar-refractivity contribution in [3.8, 4) is 0 Å². The van der Waals surface area contributed by atoms with E-state index in [0.717, 1.165) is 44.7 Å². The number of fused-ring (bicyclic) bond motifs is 1. The maximum absolute atomic E-state index is 4.89. The summed E-state index contributed by atoms with van der Waals surface area (Å²) in [6.45, 7) is 19.5. The van der Waals surface area contributed by atoms with Gasteiger partial charge in [0, 0.05) is 5.69 Å². The van der Waals surface area contributed by atoms with Crippen LogP contribution in [0.4, 0.5) is 11.4 Å². The van der Waals surface area contributed by atoms with Crippen LogP contribution in [0.1, 0.15) is 39.1 Å². The van der Waals surface area contributed by atoms with Gasteiger partial charge < -0.3 is 5.32 Å². The van der Waals surface area contributed by atoms with E-state index in [4.69, 9.17) is 5.32 Å². The second kappa shape index (κ2) is 18.4. The van der Waals surface area contributed by atoms with Crippen molar-refractivity contribution in [2.75, 3.05) is 0 Å². The first-order chi connectivity index (χ1) is 20.2. The van der Waals surface area contributed by atoms with Crippen molar-refractivity contribution in [2.45, 2.75) is 27.7 Å². The summed E-state index contributed by atoms with van der Waals surface area (Å²) in [7, 11) is 0. The van der Waals surface area contributed by atoms with Crippen LogP contribution in [-0.4, -0.2) is 4.98 Å². The molecule has 0 saturated carbocycles. The van der Waals surface area contributed by atoms with E-state index in [-0.39, 0.29) is 25.8 Å². The molecule has 6 rings (SSSR count). The summed E-state index contributed by atoms with van der Waals surface area (Å²) in [6.07, 6.45) is 0. The van der Waals surface area contributed by atoms with Crippen LogP contribution >= 0.6 is 0 Å². The number of rotatable bonds is 2. The van der Waals surface area contributed by atoms with Crippen LogP contribution in [0.5, 0.6) is 0 Å². The molecule has 0 radical (unpaired) electrons. The molecule has 0 aliphatic heterocycles. The van der Waals surface area contributed by atoms with Crippen molar-refractivity contribution in [3.05, 3.63) is 199 Å². The van der Waals surface area contributed by atoms with Crippen LogP contribution in [-0.2, 0) is 25.8 Å². The Hall–Kier alpha value is -4.21. The van der Waals surface area contributed by atoms with Gasteiger partial charge in [0.25, 0.3) is 0 Å². The first-order valence-corrected chi connectivity index (χ1v) is 14.0. The summed E-state index contributed by atoms with van der Waals surface area (Å²) < 4.78 is 0. The van der Waals surface area contributed by atoms with Gasteiger partial charge in [-0.3, -0.25) is 4.98 Å². The summed E-state index contributed by atoms with van der Waals surface area (Å²) >= 11 is 0. The molecule has 0 bridgehead atoms. The van der Waals surface area contributed by atoms with Crippen LogP contribution in [0.2, 0.25) is 0 Å². The van der Waals surface area contributed by atoms with Crippen molar-refractivity contribution in [3.63, 3.8) is 0 Å². The molecular weight excluding hydrogens is 687 g/mol. The van der Waals surface area contributed by atoms with E-state index in [1.165, 1.54) is 16.7 Å². The van der Waals surface area contributed by atoms with Gasteiger partial charge in [-0.05, 0) is 39.1 Å². The average Bonchev–Trinajstić information content (AvgIpc) is 2.97. The Morgan fingerprint density at radius 1 is 0.512 bits per heavy atom. The van der Waals surface area contributed by atoms with Gasteiger partial charge in [-0.25, -0.2) is 0 Å². The minimum atomic E-state index is 0.